The van der Waals surface area contributed by atoms with E-state index >= 15 is 0 Å². The Kier molecular flexibility index (Phi) is 6.58. The van der Waals surface area contributed by atoms with Crippen molar-refractivity contribution in [2.75, 3.05) is 13.1 Å². The molecule has 2 rings (SSSR count). The number of rotatable bonds is 3. The zero-order valence-electron chi connectivity index (χ0n) is 15.9. The van der Waals surface area contributed by atoms with Crippen LogP contribution in [-0.2, 0) is 28.5 Å². The second-order valence-electron chi connectivity index (χ2n) is 7.45. The van der Waals surface area contributed by atoms with Gasteiger partial charge in [0.25, 0.3) is 0 Å². The van der Waals surface area contributed by atoms with E-state index in [0.717, 1.165) is 0 Å². The summed E-state index contributed by atoms with van der Waals surface area (Å²) in [6, 6.07) is 0.908. The van der Waals surface area contributed by atoms with E-state index in [1.807, 2.05) is 0 Å². The molecule has 1 aliphatic heterocycles. The molecule has 0 atom stereocenters. The van der Waals surface area contributed by atoms with E-state index in [4.69, 9.17) is 0 Å². The minimum atomic E-state index is -5.06. The molecule has 31 heavy (non-hydrogen) atoms. The van der Waals surface area contributed by atoms with Crippen LogP contribution in [0, 0.1) is 5.41 Å². The normalized spacial score (nSPS) is 17.4. The van der Waals surface area contributed by atoms with Crippen molar-refractivity contribution in [3.05, 3.63) is 34.9 Å². The molecule has 0 saturated carbocycles. The molecule has 0 spiro atoms. The maximum absolute atomic E-state index is 12.9. The number of likely N-dealkylation sites (tertiary alicyclic amines) is 1. The van der Waals surface area contributed by atoms with E-state index in [2.05, 4.69) is 5.32 Å². The third-order valence-corrected chi connectivity index (χ3v) is 5.05. The van der Waals surface area contributed by atoms with Gasteiger partial charge in [-0.1, -0.05) is 6.92 Å². The van der Waals surface area contributed by atoms with Crippen LogP contribution >= 0.6 is 0 Å². The lowest BCUT2D eigenvalue weighted by Gasteiger charge is -2.38. The minimum Gasteiger partial charge on any atom is -0.352 e. The molecule has 174 valence electrons. The number of nitrogens with one attached hydrogen (secondary N) is 1. The summed E-state index contributed by atoms with van der Waals surface area (Å²) < 4.78 is 115. The van der Waals surface area contributed by atoms with E-state index in [-0.39, 0.29) is 32.0 Å². The molecule has 0 unspecified atom stereocenters. The van der Waals surface area contributed by atoms with Gasteiger partial charge in [-0.3, -0.25) is 9.59 Å². The predicted octanol–water partition coefficient (Wildman–Crippen LogP) is 4.53. The number of hydrogen-bond acceptors (Lipinski definition) is 2. The standard InChI is InChI=1S/C18H17F9N2O2/c1-15(2-4-29(5-3-15)14(31)18(25,26)27)13(30)28-9-10-6-11(16(19,20)21)8-12(7-10)17(22,23)24/h6-8H,2-5,9H2,1H3,(H,28,30). The molecule has 13 heteroatoms. The smallest absolute Gasteiger partial charge is 0.352 e. The number of hydrogen-bond donors (Lipinski definition) is 1. The van der Waals surface area contributed by atoms with Crippen molar-refractivity contribution in [2.24, 2.45) is 5.41 Å². The SMILES string of the molecule is CC1(C(=O)NCc2cc(C(F)(F)F)cc(C(F)(F)F)c2)CCN(C(=O)C(F)(F)F)CC1. The van der Waals surface area contributed by atoms with Gasteiger partial charge in [0.15, 0.2) is 0 Å². The zero-order valence-corrected chi connectivity index (χ0v) is 15.9. The second-order valence-corrected chi connectivity index (χ2v) is 7.45. The quantitative estimate of drug-likeness (QED) is 0.669. The maximum atomic E-state index is 12.9. The monoisotopic (exact) mass is 464 g/mol. The Morgan fingerprint density at radius 3 is 1.74 bits per heavy atom. The molecular weight excluding hydrogens is 447 g/mol. The fraction of sp³-hybridized carbons (Fsp3) is 0.556. The lowest BCUT2D eigenvalue weighted by atomic mass is 9.79. The summed E-state index contributed by atoms with van der Waals surface area (Å²) in [7, 11) is 0. The molecule has 1 aromatic rings. The van der Waals surface area contributed by atoms with Crippen molar-refractivity contribution in [2.45, 2.75) is 44.8 Å². The van der Waals surface area contributed by atoms with Gasteiger partial charge in [0, 0.05) is 25.0 Å². The summed E-state index contributed by atoms with van der Waals surface area (Å²) in [5, 5.41) is 2.24. The largest absolute Gasteiger partial charge is 0.471 e. The third kappa shape index (κ3) is 6.03. The average Bonchev–Trinajstić information content (AvgIpc) is 2.63. The van der Waals surface area contributed by atoms with E-state index in [0.29, 0.717) is 17.0 Å². The van der Waals surface area contributed by atoms with Crippen molar-refractivity contribution in [1.82, 2.24) is 10.2 Å². The zero-order chi connectivity index (χ0) is 23.8. The second kappa shape index (κ2) is 8.23. The van der Waals surface area contributed by atoms with Gasteiger partial charge in [0.2, 0.25) is 5.91 Å². The van der Waals surface area contributed by atoms with Gasteiger partial charge in [-0.25, -0.2) is 0 Å². The third-order valence-electron chi connectivity index (χ3n) is 5.05. The number of benzene rings is 1. The number of alkyl halides is 9. The predicted molar refractivity (Wildman–Crippen MR) is 88.3 cm³/mol. The Morgan fingerprint density at radius 2 is 1.35 bits per heavy atom. The lowest BCUT2D eigenvalue weighted by Crippen LogP contribution is -2.51. The molecule has 0 radical (unpaired) electrons. The molecule has 1 aliphatic rings. The summed E-state index contributed by atoms with van der Waals surface area (Å²) in [6.45, 7) is 0.00568. The minimum absolute atomic E-state index is 0.0416. The van der Waals surface area contributed by atoms with Crippen LogP contribution in [0.2, 0.25) is 0 Å². The van der Waals surface area contributed by atoms with E-state index in [9.17, 15) is 49.1 Å². The van der Waals surface area contributed by atoms with E-state index in [1.54, 1.807) is 0 Å². The molecule has 0 aromatic heterocycles. The molecule has 1 heterocycles. The van der Waals surface area contributed by atoms with Crippen LogP contribution in [-0.4, -0.2) is 36.0 Å². The number of halogens is 9. The van der Waals surface area contributed by atoms with Gasteiger partial charge in [0.05, 0.1) is 11.1 Å². The molecule has 1 aromatic carbocycles. The number of carbonyl (C=O) groups is 2. The highest BCUT2D eigenvalue weighted by molar-refractivity contribution is 5.84. The van der Waals surface area contributed by atoms with Crippen LogP contribution in [0.4, 0.5) is 39.5 Å². The first-order valence-corrected chi connectivity index (χ1v) is 8.86. The average molecular weight is 464 g/mol. The topological polar surface area (TPSA) is 49.4 Å². The highest BCUT2D eigenvalue weighted by atomic mass is 19.4. The van der Waals surface area contributed by atoms with Gasteiger partial charge >= 0.3 is 24.4 Å². The highest BCUT2D eigenvalue weighted by Gasteiger charge is 2.46. The molecular formula is C18H17F9N2O2. The number of amides is 2. The Labute approximate surface area is 170 Å². The van der Waals surface area contributed by atoms with Gasteiger partial charge in [-0.2, -0.15) is 39.5 Å². The Bertz CT molecular complexity index is 804. The number of piperidine rings is 1. The number of carbonyl (C=O) groups excluding carboxylic acids is 2. The molecule has 1 saturated heterocycles. The van der Waals surface area contributed by atoms with Crippen molar-refractivity contribution >= 4 is 11.8 Å². The maximum Gasteiger partial charge on any atom is 0.471 e. The Balaban J connectivity index is 2.10. The Morgan fingerprint density at radius 1 is 0.903 bits per heavy atom. The molecule has 1 fully saturated rings. The van der Waals surface area contributed by atoms with Crippen LogP contribution in [0.5, 0.6) is 0 Å². The van der Waals surface area contributed by atoms with Gasteiger partial charge in [-0.05, 0) is 36.6 Å². The summed E-state index contributed by atoms with van der Waals surface area (Å²) in [4.78, 5) is 24.2. The Hall–Kier alpha value is -2.47. The highest BCUT2D eigenvalue weighted by Crippen LogP contribution is 2.37. The van der Waals surface area contributed by atoms with Crippen molar-refractivity contribution in [3.63, 3.8) is 0 Å². The lowest BCUT2D eigenvalue weighted by molar-refractivity contribution is -0.187. The van der Waals surface area contributed by atoms with Gasteiger partial charge < -0.3 is 10.2 Å². The summed E-state index contributed by atoms with van der Waals surface area (Å²) >= 11 is 0. The summed E-state index contributed by atoms with van der Waals surface area (Å²) in [6.07, 6.45) is -15.4. The van der Waals surface area contributed by atoms with Gasteiger partial charge in [-0.15, -0.1) is 0 Å². The van der Waals surface area contributed by atoms with Crippen LogP contribution in [0.3, 0.4) is 0 Å². The van der Waals surface area contributed by atoms with Crippen molar-refractivity contribution < 1.29 is 49.1 Å². The van der Waals surface area contributed by atoms with Gasteiger partial charge in [0.1, 0.15) is 0 Å². The summed E-state index contributed by atoms with van der Waals surface area (Å²) in [5.41, 5.74) is -4.74. The first-order valence-electron chi connectivity index (χ1n) is 8.86. The molecule has 1 N–H and O–H groups in total. The van der Waals surface area contributed by atoms with Crippen LogP contribution in [0.1, 0.15) is 36.5 Å². The first-order chi connectivity index (χ1) is 13.9. The fourth-order valence-corrected chi connectivity index (χ4v) is 3.13. The molecule has 4 nitrogen and oxygen atoms in total. The number of nitrogens with zero attached hydrogens (tertiary/aromatic N) is 1. The van der Waals surface area contributed by atoms with Crippen LogP contribution in [0.25, 0.3) is 0 Å². The molecule has 0 bridgehead atoms. The van der Waals surface area contributed by atoms with E-state index in [1.165, 1.54) is 6.92 Å². The fourth-order valence-electron chi connectivity index (χ4n) is 3.13. The van der Waals surface area contributed by atoms with Crippen LogP contribution < -0.4 is 5.32 Å². The summed E-state index contributed by atoms with van der Waals surface area (Å²) in [5.74, 6) is -2.80. The molecule has 2 amide bonds. The van der Waals surface area contributed by atoms with Crippen molar-refractivity contribution in [1.29, 1.82) is 0 Å². The van der Waals surface area contributed by atoms with E-state index < -0.39 is 59.0 Å². The first kappa shape index (κ1) is 24.8. The van der Waals surface area contributed by atoms with Crippen molar-refractivity contribution in [3.8, 4) is 0 Å². The molecule has 0 aliphatic carbocycles. The van der Waals surface area contributed by atoms with Crippen LogP contribution in [0.15, 0.2) is 18.2 Å².